The Labute approximate surface area is 177 Å². The van der Waals surface area contributed by atoms with Gasteiger partial charge >= 0.3 is 0 Å². The van der Waals surface area contributed by atoms with Crippen LogP contribution in [0.5, 0.6) is 5.75 Å². The van der Waals surface area contributed by atoms with E-state index in [0.717, 1.165) is 23.3 Å². The maximum absolute atomic E-state index is 13.2. The molecule has 0 fully saturated rings. The molecule has 2 aromatic carbocycles. The molecular weight excluding hydrogens is 460 g/mol. The maximum Gasteiger partial charge on any atom is 0.191 e. The van der Waals surface area contributed by atoms with E-state index in [0.29, 0.717) is 32.3 Å². The molecular formula is C20H27FIN3O2. The summed E-state index contributed by atoms with van der Waals surface area (Å²) >= 11 is 0. The van der Waals surface area contributed by atoms with Gasteiger partial charge in [0.25, 0.3) is 0 Å². The zero-order chi connectivity index (χ0) is 18.6. The van der Waals surface area contributed by atoms with Gasteiger partial charge < -0.3 is 20.1 Å². The molecule has 2 rings (SSSR count). The average molecular weight is 487 g/mol. The summed E-state index contributed by atoms with van der Waals surface area (Å²) in [5, 5.41) is 6.50. The molecule has 2 aromatic rings. The van der Waals surface area contributed by atoms with Gasteiger partial charge in [0, 0.05) is 27.2 Å². The van der Waals surface area contributed by atoms with Crippen LogP contribution in [0, 0.1) is 5.82 Å². The predicted octanol–water partition coefficient (Wildman–Crippen LogP) is 3.38. The molecule has 0 spiro atoms. The number of hydrogen-bond donors (Lipinski definition) is 2. The van der Waals surface area contributed by atoms with Crippen LogP contribution in [0.4, 0.5) is 4.39 Å². The first-order chi connectivity index (χ1) is 12.7. The molecule has 0 bridgehead atoms. The molecule has 0 heterocycles. The second-order valence-electron chi connectivity index (χ2n) is 5.72. The molecule has 2 N–H and O–H groups in total. The molecule has 0 aliphatic rings. The van der Waals surface area contributed by atoms with Gasteiger partial charge in [0.2, 0.25) is 0 Å². The van der Waals surface area contributed by atoms with E-state index >= 15 is 0 Å². The predicted molar refractivity (Wildman–Crippen MR) is 118 cm³/mol. The fourth-order valence-corrected chi connectivity index (χ4v) is 2.41. The van der Waals surface area contributed by atoms with Crippen molar-refractivity contribution < 1.29 is 13.9 Å². The van der Waals surface area contributed by atoms with Crippen molar-refractivity contribution in [2.75, 3.05) is 33.9 Å². The van der Waals surface area contributed by atoms with Gasteiger partial charge in [-0.15, -0.1) is 24.0 Å². The van der Waals surface area contributed by atoms with Crippen LogP contribution >= 0.6 is 24.0 Å². The molecule has 0 unspecified atom stereocenters. The molecule has 5 nitrogen and oxygen atoms in total. The Bertz CT molecular complexity index is 713. The van der Waals surface area contributed by atoms with Crippen LogP contribution in [0.2, 0.25) is 0 Å². The van der Waals surface area contributed by atoms with Crippen LogP contribution in [0.1, 0.15) is 11.1 Å². The first-order valence-corrected chi connectivity index (χ1v) is 8.61. The number of halogens is 2. The highest BCUT2D eigenvalue weighted by molar-refractivity contribution is 14.0. The van der Waals surface area contributed by atoms with Crippen molar-refractivity contribution in [3.05, 3.63) is 65.5 Å². The van der Waals surface area contributed by atoms with Crippen molar-refractivity contribution >= 4 is 29.9 Å². The number of ether oxygens (including phenoxy) is 2. The van der Waals surface area contributed by atoms with E-state index in [-0.39, 0.29) is 29.8 Å². The van der Waals surface area contributed by atoms with E-state index < -0.39 is 0 Å². The maximum atomic E-state index is 13.2. The second-order valence-corrected chi connectivity index (χ2v) is 5.72. The number of nitrogens with zero attached hydrogens (tertiary/aromatic N) is 1. The van der Waals surface area contributed by atoms with Crippen molar-refractivity contribution in [1.82, 2.24) is 10.6 Å². The van der Waals surface area contributed by atoms with Crippen molar-refractivity contribution in [2.24, 2.45) is 4.99 Å². The third kappa shape index (κ3) is 9.05. The van der Waals surface area contributed by atoms with Crippen LogP contribution in [0.15, 0.2) is 53.5 Å². The third-order valence-corrected chi connectivity index (χ3v) is 3.73. The summed E-state index contributed by atoms with van der Waals surface area (Å²) in [7, 11) is 3.37. The molecule has 148 valence electrons. The van der Waals surface area contributed by atoms with Gasteiger partial charge in [-0.1, -0.05) is 24.3 Å². The lowest BCUT2D eigenvalue weighted by atomic mass is 10.1. The minimum absolute atomic E-state index is 0. The molecule has 0 atom stereocenters. The smallest absolute Gasteiger partial charge is 0.191 e. The Hall–Kier alpha value is -1.87. The van der Waals surface area contributed by atoms with E-state index in [1.54, 1.807) is 26.3 Å². The lowest BCUT2D eigenvalue weighted by molar-refractivity contribution is 0.146. The van der Waals surface area contributed by atoms with E-state index in [1.807, 2.05) is 30.3 Å². The van der Waals surface area contributed by atoms with Gasteiger partial charge in [-0.05, 0) is 41.8 Å². The summed E-state index contributed by atoms with van der Waals surface area (Å²) in [6.45, 7) is 2.38. The number of hydrogen-bond acceptors (Lipinski definition) is 3. The van der Waals surface area contributed by atoms with Crippen LogP contribution < -0.4 is 15.4 Å². The van der Waals surface area contributed by atoms with Gasteiger partial charge in [0.05, 0.1) is 6.61 Å². The fourth-order valence-electron chi connectivity index (χ4n) is 2.41. The molecule has 0 aliphatic carbocycles. The highest BCUT2D eigenvalue weighted by Gasteiger charge is 2.01. The number of rotatable bonds is 9. The Morgan fingerprint density at radius 3 is 2.56 bits per heavy atom. The third-order valence-electron chi connectivity index (χ3n) is 3.73. The lowest BCUT2D eigenvalue weighted by Crippen LogP contribution is -2.37. The Balaban J connectivity index is 0.00000364. The Morgan fingerprint density at radius 1 is 1.04 bits per heavy atom. The van der Waals surface area contributed by atoms with Crippen molar-refractivity contribution in [3.8, 4) is 5.75 Å². The first kappa shape index (κ1) is 23.2. The molecule has 27 heavy (non-hydrogen) atoms. The molecule has 0 radical (unpaired) electrons. The molecule has 0 aromatic heterocycles. The van der Waals surface area contributed by atoms with Crippen LogP contribution in [-0.2, 0) is 17.7 Å². The van der Waals surface area contributed by atoms with Crippen molar-refractivity contribution in [3.63, 3.8) is 0 Å². The molecule has 0 aliphatic heterocycles. The minimum Gasteiger partial charge on any atom is -0.491 e. The first-order valence-electron chi connectivity index (χ1n) is 8.61. The van der Waals surface area contributed by atoms with Gasteiger partial charge in [0.15, 0.2) is 5.96 Å². The van der Waals surface area contributed by atoms with Gasteiger partial charge in [-0.3, -0.25) is 4.99 Å². The van der Waals surface area contributed by atoms with E-state index in [4.69, 9.17) is 9.47 Å². The van der Waals surface area contributed by atoms with Crippen LogP contribution in [0.3, 0.4) is 0 Å². The number of guanidine groups is 1. The summed E-state index contributed by atoms with van der Waals surface area (Å²) in [6.07, 6.45) is 0.723. The normalized spacial score (nSPS) is 10.9. The SMILES string of the molecule is CN=C(NCCc1cccc(F)c1)NCc1cccc(OCCOC)c1.I. The minimum atomic E-state index is -0.211. The van der Waals surface area contributed by atoms with Crippen LogP contribution in [0.25, 0.3) is 0 Å². The largest absolute Gasteiger partial charge is 0.491 e. The Kier molecular flexibility index (Phi) is 11.4. The van der Waals surface area contributed by atoms with E-state index in [2.05, 4.69) is 15.6 Å². The summed E-state index contributed by atoms with van der Waals surface area (Å²) < 4.78 is 23.8. The monoisotopic (exact) mass is 487 g/mol. The number of benzene rings is 2. The molecule has 0 saturated heterocycles. The highest BCUT2D eigenvalue weighted by Crippen LogP contribution is 2.13. The molecule has 0 saturated carbocycles. The zero-order valence-electron chi connectivity index (χ0n) is 15.7. The van der Waals surface area contributed by atoms with E-state index in [1.165, 1.54) is 6.07 Å². The fraction of sp³-hybridized carbons (Fsp3) is 0.350. The number of methoxy groups -OCH3 is 1. The standard InChI is InChI=1S/C20H26FN3O2.HI/c1-22-20(23-10-9-16-5-3-7-18(21)13-16)24-15-17-6-4-8-19(14-17)26-12-11-25-2;/h3-8,13-14H,9-12,15H2,1-2H3,(H2,22,23,24);1H. The number of aliphatic imine (C=N–C) groups is 1. The number of nitrogens with one attached hydrogen (secondary N) is 2. The summed E-state index contributed by atoms with van der Waals surface area (Å²) in [6, 6.07) is 14.5. The second kappa shape index (κ2) is 13.3. The summed E-state index contributed by atoms with van der Waals surface area (Å²) in [4.78, 5) is 4.21. The quantitative estimate of drug-likeness (QED) is 0.247. The summed E-state index contributed by atoms with van der Waals surface area (Å²) in [5.74, 6) is 1.31. The zero-order valence-corrected chi connectivity index (χ0v) is 18.0. The van der Waals surface area contributed by atoms with Crippen molar-refractivity contribution in [2.45, 2.75) is 13.0 Å². The molecule has 7 heteroatoms. The summed E-state index contributed by atoms with van der Waals surface area (Å²) in [5.41, 5.74) is 2.04. The van der Waals surface area contributed by atoms with Crippen molar-refractivity contribution in [1.29, 1.82) is 0 Å². The topological polar surface area (TPSA) is 54.9 Å². The van der Waals surface area contributed by atoms with Gasteiger partial charge in [-0.25, -0.2) is 4.39 Å². The molecule has 0 amide bonds. The Morgan fingerprint density at radius 2 is 1.81 bits per heavy atom. The van der Waals surface area contributed by atoms with Crippen LogP contribution in [-0.4, -0.2) is 39.9 Å². The lowest BCUT2D eigenvalue weighted by Gasteiger charge is -2.13. The highest BCUT2D eigenvalue weighted by atomic mass is 127. The van der Waals surface area contributed by atoms with Gasteiger partial charge in [0.1, 0.15) is 18.2 Å². The average Bonchev–Trinajstić information content (AvgIpc) is 2.65. The van der Waals surface area contributed by atoms with Gasteiger partial charge in [-0.2, -0.15) is 0 Å². The van der Waals surface area contributed by atoms with E-state index in [9.17, 15) is 4.39 Å².